The third-order valence-corrected chi connectivity index (χ3v) is 7.90. The van der Waals surface area contributed by atoms with E-state index in [-0.39, 0.29) is 22.7 Å². The Labute approximate surface area is 188 Å². The van der Waals surface area contributed by atoms with Crippen LogP contribution < -0.4 is 5.32 Å². The molecule has 1 aliphatic heterocycles. The first-order valence-electron chi connectivity index (χ1n) is 10.7. The molecule has 168 valence electrons. The molecule has 0 saturated carbocycles. The lowest BCUT2D eigenvalue weighted by Crippen LogP contribution is -2.47. The molecule has 1 fully saturated rings. The Bertz CT molecular complexity index is 1170. The van der Waals surface area contributed by atoms with E-state index in [0.717, 1.165) is 24.8 Å². The monoisotopic (exact) mass is 453 g/mol. The van der Waals surface area contributed by atoms with Crippen molar-refractivity contribution in [2.24, 2.45) is 0 Å². The largest absolute Gasteiger partial charge is 0.321 e. The summed E-state index contributed by atoms with van der Waals surface area (Å²) < 4.78 is 29.5. The predicted octanol–water partition coefficient (Wildman–Crippen LogP) is 3.53. The Morgan fingerprint density at radius 3 is 2.34 bits per heavy atom. The highest BCUT2D eigenvalue weighted by Crippen LogP contribution is 2.30. The first kappa shape index (κ1) is 22.2. The molecule has 1 aliphatic rings. The second-order valence-corrected chi connectivity index (χ2v) is 10.1. The van der Waals surface area contributed by atoms with Crippen LogP contribution in [-0.4, -0.2) is 45.7 Å². The number of sulfonamides is 1. The Kier molecular flexibility index (Phi) is 6.38. The zero-order valence-electron chi connectivity index (χ0n) is 18.2. The maximum absolute atomic E-state index is 13.1. The fourth-order valence-electron chi connectivity index (χ4n) is 4.15. The van der Waals surface area contributed by atoms with Gasteiger partial charge in [-0.25, -0.2) is 13.1 Å². The minimum Gasteiger partial charge on any atom is -0.321 e. The molecule has 2 heterocycles. The van der Waals surface area contributed by atoms with Crippen molar-refractivity contribution in [1.29, 1.82) is 0 Å². The third-order valence-electron chi connectivity index (χ3n) is 5.76. The van der Waals surface area contributed by atoms with Crippen LogP contribution in [0.1, 0.15) is 49.2 Å². The van der Waals surface area contributed by atoms with Crippen molar-refractivity contribution in [1.82, 2.24) is 19.3 Å². The lowest BCUT2D eigenvalue weighted by Gasteiger charge is -2.37. The average molecular weight is 454 g/mol. The highest BCUT2D eigenvalue weighted by Gasteiger charge is 2.35. The Hall–Kier alpha value is -3.04. The van der Waals surface area contributed by atoms with Crippen LogP contribution in [-0.2, 0) is 16.6 Å². The summed E-state index contributed by atoms with van der Waals surface area (Å²) in [6, 6.07) is 16.0. The van der Waals surface area contributed by atoms with Gasteiger partial charge in [-0.3, -0.25) is 4.79 Å². The van der Waals surface area contributed by atoms with Gasteiger partial charge in [-0.15, -0.1) is 5.10 Å². The van der Waals surface area contributed by atoms with E-state index in [2.05, 4.69) is 15.6 Å². The number of piperidine rings is 1. The van der Waals surface area contributed by atoms with E-state index in [1.54, 1.807) is 27.3 Å². The fraction of sp³-hybridized carbons (Fsp3) is 0.348. The smallest absolute Gasteiger partial charge is 0.277 e. The van der Waals surface area contributed by atoms with Crippen LogP contribution in [0.25, 0.3) is 0 Å². The lowest BCUT2D eigenvalue weighted by atomic mass is 10.0. The van der Waals surface area contributed by atoms with E-state index in [4.69, 9.17) is 0 Å². The zero-order chi connectivity index (χ0) is 22.7. The van der Waals surface area contributed by atoms with Gasteiger partial charge < -0.3 is 5.32 Å². The summed E-state index contributed by atoms with van der Waals surface area (Å²) in [7, 11) is -3.59. The number of nitrogens with one attached hydrogen (secondary N) is 1. The van der Waals surface area contributed by atoms with Crippen molar-refractivity contribution in [3.8, 4) is 0 Å². The normalized spacial score (nSPS) is 19.6. The molecule has 2 unspecified atom stereocenters. The van der Waals surface area contributed by atoms with E-state index < -0.39 is 15.9 Å². The minimum atomic E-state index is -3.59. The van der Waals surface area contributed by atoms with Crippen LogP contribution in [0, 0.1) is 0 Å². The maximum atomic E-state index is 13.1. The average Bonchev–Trinajstić information content (AvgIpc) is 3.23. The van der Waals surface area contributed by atoms with Gasteiger partial charge in [0.2, 0.25) is 10.0 Å². The standard InChI is InChI=1S/C23H27N5O3S/c1-17-7-6-8-18(2)28(17)32(30,31)21-13-11-20(12-14-21)24-23(29)22-16-27(26-25-22)15-19-9-4-3-5-10-19/h3-5,9-14,16-18H,6-8,15H2,1-2H3,(H,24,29). The number of carbonyl (C=O) groups excluding carboxylic acids is 1. The molecule has 8 nitrogen and oxygen atoms in total. The van der Waals surface area contributed by atoms with Crippen LogP contribution >= 0.6 is 0 Å². The highest BCUT2D eigenvalue weighted by atomic mass is 32.2. The van der Waals surface area contributed by atoms with Gasteiger partial charge in [-0.1, -0.05) is 42.0 Å². The van der Waals surface area contributed by atoms with Gasteiger partial charge in [-0.2, -0.15) is 4.31 Å². The van der Waals surface area contributed by atoms with E-state index in [0.29, 0.717) is 12.2 Å². The van der Waals surface area contributed by atoms with E-state index in [9.17, 15) is 13.2 Å². The summed E-state index contributed by atoms with van der Waals surface area (Å²) >= 11 is 0. The van der Waals surface area contributed by atoms with Gasteiger partial charge in [0.15, 0.2) is 5.69 Å². The molecule has 4 rings (SSSR count). The predicted molar refractivity (Wildman–Crippen MR) is 122 cm³/mol. The Balaban J connectivity index is 1.43. The zero-order valence-corrected chi connectivity index (χ0v) is 19.0. The van der Waals surface area contributed by atoms with Crippen molar-refractivity contribution in [3.63, 3.8) is 0 Å². The Morgan fingerprint density at radius 2 is 1.69 bits per heavy atom. The quantitative estimate of drug-likeness (QED) is 0.616. The molecule has 0 bridgehead atoms. The van der Waals surface area contributed by atoms with E-state index >= 15 is 0 Å². The molecule has 2 atom stereocenters. The van der Waals surface area contributed by atoms with Crippen LogP contribution in [0.15, 0.2) is 65.7 Å². The molecule has 9 heteroatoms. The van der Waals surface area contributed by atoms with Gasteiger partial charge in [0.05, 0.1) is 17.6 Å². The number of nitrogens with zero attached hydrogens (tertiary/aromatic N) is 4. The summed E-state index contributed by atoms with van der Waals surface area (Å²) in [4.78, 5) is 12.8. The molecular weight excluding hydrogens is 426 g/mol. The molecule has 1 aromatic heterocycles. The Morgan fingerprint density at radius 1 is 1.03 bits per heavy atom. The number of anilines is 1. The number of benzene rings is 2. The number of amides is 1. The molecular formula is C23H27N5O3S. The van der Waals surface area contributed by atoms with Gasteiger partial charge in [0, 0.05) is 17.8 Å². The van der Waals surface area contributed by atoms with Gasteiger partial charge in [-0.05, 0) is 56.5 Å². The van der Waals surface area contributed by atoms with E-state index in [1.165, 1.54) is 12.1 Å². The molecule has 1 amide bonds. The number of rotatable bonds is 6. The summed E-state index contributed by atoms with van der Waals surface area (Å²) in [5, 5.41) is 10.7. The van der Waals surface area contributed by atoms with Crippen molar-refractivity contribution < 1.29 is 13.2 Å². The number of aromatic nitrogens is 3. The second kappa shape index (κ2) is 9.22. The SMILES string of the molecule is CC1CCCC(C)N1S(=O)(=O)c1ccc(NC(=O)c2cn(Cc3ccccc3)nn2)cc1. The molecule has 3 aromatic rings. The topological polar surface area (TPSA) is 97.2 Å². The van der Waals surface area contributed by atoms with Crippen molar-refractivity contribution in [2.75, 3.05) is 5.32 Å². The van der Waals surface area contributed by atoms with Crippen molar-refractivity contribution in [3.05, 3.63) is 72.1 Å². The van der Waals surface area contributed by atoms with Crippen LogP contribution in [0.4, 0.5) is 5.69 Å². The first-order valence-corrected chi connectivity index (χ1v) is 12.2. The minimum absolute atomic E-state index is 0.0263. The number of hydrogen-bond donors (Lipinski definition) is 1. The molecule has 0 radical (unpaired) electrons. The maximum Gasteiger partial charge on any atom is 0.277 e. The van der Waals surface area contributed by atoms with Crippen molar-refractivity contribution in [2.45, 2.75) is 56.6 Å². The third kappa shape index (κ3) is 4.73. The summed E-state index contributed by atoms with van der Waals surface area (Å²) in [5.41, 5.74) is 1.73. The number of carbonyl (C=O) groups is 1. The molecule has 32 heavy (non-hydrogen) atoms. The first-order chi connectivity index (χ1) is 15.3. The van der Waals surface area contributed by atoms with Crippen LogP contribution in [0.5, 0.6) is 0 Å². The number of hydrogen-bond acceptors (Lipinski definition) is 5. The molecule has 0 aliphatic carbocycles. The fourth-order valence-corrected chi connectivity index (χ4v) is 6.03. The summed E-state index contributed by atoms with van der Waals surface area (Å²) in [6.07, 6.45) is 4.35. The molecule has 1 N–H and O–H groups in total. The lowest BCUT2D eigenvalue weighted by molar-refractivity contribution is 0.102. The summed E-state index contributed by atoms with van der Waals surface area (Å²) in [6.45, 7) is 4.42. The van der Waals surface area contributed by atoms with Crippen LogP contribution in [0.2, 0.25) is 0 Å². The second-order valence-electron chi connectivity index (χ2n) is 8.23. The molecule has 2 aromatic carbocycles. The van der Waals surface area contributed by atoms with Crippen molar-refractivity contribution >= 4 is 21.6 Å². The van der Waals surface area contributed by atoms with Gasteiger partial charge in [0.1, 0.15) is 0 Å². The van der Waals surface area contributed by atoms with E-state index in [1.807, 2.05) is 44.2 Å². The molecule has 1 saturated heterocycles. The highest BCUT2D eigenvalue weighted by molar-refractivity contribution is 7.89. The van der Waals surface area contributed by atoms with Gasteiger partial charge >= 0.3 is 0 Å². The molecule has 0 spiro atoms. The van der Waals surface area contributed by atoms with Crippen LogP contribution in [0.3, 0.4) is 0 Å². The van der Waals surface area contributed by atoms with Gasteiger partial charge in [0.25, 0.3) is 5.91 Å². The summed E-state index contributed by atoms with van der Waals surface area (Å²) in [5.74, 6) is -0.404.